The fourth-order valence-electron chi connectivity index (χ4n) is 2.50. The average Bonchev–Trinajstić information content (AvgIpc) is 3.20. The molecule has 0 unspecified atom stereocenters. The Labute approximate surface area is 169 Å². The molecule has 28 heavy (non-hydrogen) atoms. The highest BCUT2D eigenvalue weighted by atomic mass is 32.1. The second-order valence-electron chi connectivity index (χ2n) is 7.29. The van der Waals surface area contributed by atoms with Gasteiger partial charge in [0, 0.05) is 11.8 Å². The van der Waals surface area contributed by atoms with Crippen molar-refractivity contribution in [3.8, 4) is 16.5 Å². The zero-order valence-corrected chi connectivity index (χ0v) is 17.0. The monoisotopic (exact) mass is 396 g/mol. The molecule has 0 aliphatic rings. The van der Waals surface area contributed by atoms with Gasteiger partial charge in [-0.05, 0) is 40.6 Å². The maximum absolute atomic E-state index is 12.0. The number of hydrogen-bond donors (Lipinski definition) is 2. The first-order chi connectivity index (χ1) is 13.4. The van der Waals surface area contributed by atoms with Crippen LogP contribution in [-0.2, 0) is 5.41 Å². The second kappa shape index (κ2) is 8.84. The molecule has 6 nitrogen and oxygen atoms in total. The maximum Gasteiger partial charge on any atom is 0.319 e. The quantitative estimate of drug-likeness (QED) is 0.592. The third kappa shape index (κ3) is 5.53. The summed E-state index contributed by atoms with van der Waals surface area (Å²) in [6, 6.07) is 15.2. The van der Waals surface area contributed by atoms with Gasteiger partial charge in [-0.2, -0.15) is 0 Å². The SMILES string of the molecule is CC(C)(C)c1ccc(NC(=O)NCCOc2ccc(-c3cccs3)nn2)cc1. The van der Waals surface area contributed by atoms with Crippen LogP contribution in [0, 0.1) is 0 Å². The molecule has 7 heteroatoms. The number of carbonyl (C=O) groups excluding carboxylic acids is 1. The molecule has 0 spiro atoms. The lowest BCUT2D eigenvalue weighted by molar-refractivity contribution is 0.246. The van der Waals surface area contributed by atoms with Crippen molar-refractivity contribution in [1.29, 1.82) is 0 Å². The van der Waals surface area contributed by atoms with Crippen LogP contribution < -0.4 is 15.4 Å². The zero-order valence-electron chi connectivity index (χ0n) is 16.2. The lowest BCUT2D eigenvalue weighted by atomic mass is 9.87. The molecule has 0 radical (unpaired) electrons. The molecule has 2 N–H and O–H groups in total. The van der Waals surface area contributed by atoms with Gasteiger partial charge in [0.2, 0.25) is 5.88 Å². The third-order valence-electron chi connectivity index (χ3n) is 4.06. The highest BCUT2D eigenvalue weighted by Gasteiger charge is 2.13. The van der Waals surface area contributed by atoms with Crippen molar-refractivity contribution >= 4 is 23.1 Å². The van der Waals surface area contributed by atoms with Crippen molar-refractivity contribution in [2.45, 2.75) is 26.2 Å². The molecule has 0 saturated carbocycles. The van der Waals surface area contributed by atoms with Crippen molar-refractivity contribution in [3.63, 3.8) is 0 Å². The van der Waals surface area contributed by atoms with E-state index in [4.69, 9.17) is 4.74 Å². The van der Waals surface area contributed by atoms with Gasteiger partial charge in [-0.25, -0.2) is 4.79 Å². The Morgan fingerprint density at radius 2 is 1.86 bits per heavy atom. The van der Waals surface area contributed by atoms with Crippen LogP contribution in [0.4, 0.5) is 10.5 Å². The van der Waals surface area contributed by atoms with Gasteiger partial charge in [-0.1, -0.05) is 39.0 Å². The minimum absolute atomic E-state index is 0.0863. The number of aromatic nitrogens is 2. The number of benzene rings is 1. The van der Waals surface area contributed by atoms with E-state index >= 15 is 0 Å². The number of anilines is 1. The predicted octanol–water partition coefficient (Wildman–Crippen LogP) is 4.70. The summed E-state index contributed by atoms with van der Waals surface area (Å²) in [5.41, 5.74) is 2.88. The minimum atomic E-state index is -0.272. The molecule has 0 bridgehead atoms. The largest absolute Gasteiger partial charge is 0.475 e. The van der Waals surface area contributed by atoms with E-state index in [1.54, 1.807) is 17.4 Å². The van der Waals surface area contributed by atoms with Crippen molar-refractivity contribution in [2.75, 3.05) is 18.5 Å². The molecule has 146 valence electrons. The lowest BCUT2D eigenvalue weighted by Gasteiger charge is -2.19. The van der Waals surface area contributed by atoms with Crippen molar-refractivity contribution < 1.29 is 9.53 Å². The smallest absolute Gasteiger partial charge is 0.319 e. The highest BCUT2D eigenvalue weighted by Crippen LogP contribution is 2.24. The van der Waals surface area contributed by atoms with E-state index < -0.39 is 0 Å². The van der Waals surface area contributed by atoms with Crippen LogP contribution in [0.25, 0.3) is 10.6 Å². The van der Waals surface area contributed by atoms with Gasteiger partial charge < -0.3 is 15.4 Å². The van der Waals surface area contributed by atoms with Crippen molar-refractivity contribution in [1.82, 2.24) is 15.5 Å². The Hall–Kier alpha value is -2.93. The minimum Gasteiger partial charge on any atom is -0.475 e. The maximum atomic E-state index is 12.0. The Balaban J connectivity index is 1.39. The Kier molecular flexibility index (Phi) is 6.26. The van der Waals surface area contributed by atoms with Crippen LogP contribution in [0.5, 0.6) is 5.88 Å². The molecule has 2 amide bonds. The summed E-state index contributed by atoms with van der Waals surface area (Å²) < 4.78 is 5.52. The summed E-state index contributed by atoms with van der Waals surface area (Å²) in [6.45, 7) is 7.14. The number of amides is 2. The number of hydrogen-bond acceptors (Lipinski definition) is 5. The van der Waals surface area contributed by atoms with Crippen LogP contribution in [0.2, 0.25) is 0 Å². The molecular weight excluding hydrogens is 372 g/mol. The number of nitrogens with zero attached hydrogens (tertiary/aromatic N) is 2. The third-order valence-corrected chi connectivity index (χ3v) is 4.95. The molecule has 2 heterocycles. The summed E-state index contributed by atoms with van der Waals surface area (Å²) in [4.78, 5) is 13.0. The summed E-state index contributed by atoms with van der Waals surface area (Å²) in [7, 11) is 0. The lowest BCUT2D eigenvalue weighted by Crippen LogP contribution is -2.32. The molecule has 0 aliphatic heterocycles. The first kappa shape index (κ1) is 19.8. The van der Waals surface area contributed by atoms with Crippen molar-refractivity contribution in [3.05, 3.63) is 59.5 Å². The molecule has 2 aromatic heterocycles. The van der Waals surface area contributed by atoms with E-state index in [2.05, 4.69) is 41.6 Å². The number of nitrogens with one attached hydrogen (secondary N) is 2. The van der Waals surface area contributed by atoms with Crippen LogP contribution >= 0.6 is 11.3 Å². The highest BCUT2D eigenvalue weighted by molar-refractivity contribution is 7.13. The molecule has 1 aromatic carbocycles. The van der Waals surface area contributed by atoms with Crippen molar-refractivity contribution in [2.24, 2.45) is 0 Å². The van der Waals surface area contributed by atoms with Gasteiger partial charge in [0.25, 0.3) is 0 Å². The van der Waals surface area contributed by atoms with Gasteiger partial charge in [-0.3, -0.25) is 0 Å². The van der Waals surface area contributed by atoms with Gasteiger partial charge in [-0.15, -0.1) is 21.5 Å². The molecule has 0 aliphatic carbocycles. The number of rotatable bonds is 6. The van der Waals surface area contributed by atoms with Gasteiger partial charge in [0.05, 0.1) is 11.4 Å². The number of ether oxygens (including phenoxy) is 1. The fraction of sp³-hybridized carbons (Fsp3) is 0.286. The fourth-order valence-corrected chi connectivity index (χ4v) is 3.19. The van der Waals surface area contributed by atoms with Crippen LogP contribution in [-0.4, -0.2) is 29.4 Å². The molecule has 3 aromatic rings. The summed E-state index contributed by atoms with van der Waals surface area (Å²) >= 11 is 1.61. The number of carbonyl (C=O) groups is 1. The van der Waals surface area contributed by atoms with Gasteiger partial charge in [0.15, 0.2) is 0 Å². The van der Waals surface area contributed by atoms with Crippen LogP contribution in [0.3, 0.4) is 0 Å². The van der Waals surface area contributed by atoms with E-state index in [1.165, 1.54) is 5.56 Å². The van der Waals surface area contributed by atoms with Crippen LogP contribution in [0.15, 0.2) is 53.9 Å². The number of urea groups is 1. The predicted molar refractivity (Wildman–Crippen MR) is 113 cm³/mol. The van der Waals surface area contributed by atoms with E-state index in [1.807, 2.05) is 47.8 Å². The molecular formula is C21H24N4O2S. The summed E-state index contributed by atoms with van der Waals surface area (Å²) in [5.74, 6) is 0.431. The topological polar surface area (TPSA) is 76.1 Å². The zero-order chi connectivity index (χ0) is 20.0. The first-order valence-electron chi connectivity index (χ1n) is 9.07. The van der Waals surface area contributed by atoms with E-state index in [0.717, 1.165) is 16.3 Å². The Bertz CT molecular complexity index is 886. The Morgan fingerprint density at radius 1 is 1.07 bits per heavy atom. The standard InChI is InChI=1S/C21H24N4O2S/c1-21(2,3)15-6-8-16(9-7-15)23-20(26)22-12-13-27-19-11-10-17(24-25-19)18-5-4-14-28-18/h4-11,14H,12-13H2,1-3H3,(H2,22,23,26). The normalized spacial score (nSPS) is 11.1. The van der Waals surface area contributed by atoms with Gasteiger partial charge in [0.1, 0.15) is 12.3 Å². The average molecular weight is 397 g/mol. The van der Waals surface area contributed by atoms with E-state index in [0.29, 0.717) is 19.0 Å². The van der Waals surface area contributed by atoms with E-state index in [9.17, 15) is 4.79 Å². The Morgan fingerprint density at radius 3 is 2.46 bits per heavy atom. The molecule has 0 saturated heterocycles. The summed E-state index contributed by atoms with van der Waals surface area (Å²) in [5, 5.41) is 15.8. The molecule has 3 rings (SSSR count). The van der Waals surface area contributed by atoms with E-state index in [-0.39, 0.29) is 11.4 Å². The molecule has 0 atom stereocenters. The first-order valence-corrected chi connectivity index (χ1v) is 9.95. The van der Waals surface area contributed by atoms with Crippen LogP contribution in [0.1, 0.15) is 26.3 Å². The second-order valence-corrected chi connectivity index (χ2v) is 8.24. The summed E-state index contributed by atoms with van der Waals surface area (Å²) in [6.07, 6.45) is 0. The van der Waals surface area contributed by atoms with Gasteiger partial charge >= 0.3 is 6.03 Å². The number of thiophene rings is 1. The molecule has 0 fully saturated rings.